The Morgan fingerprint density at radius 2 is 2.04 bits per heavy atom. The van der Waals surface area contributed by atoms with E-state index < -0.39 is 11.4 Å². The number of fused-ring (bicyclic) bond motifs is 1. The second-order valence-electron chi connectivity index (χ2n) is 7.84. The molecule has 28 heavy (non-hydrogen) atoms. The molecule has 2 fully saturated rings. The van der Waals surface area contributed by atoms with Gasteiger partial charge in [0, 0.05) is 31.6 Å². The first kappa shape index (κ1) is 18.7. The van der Waals surface area contributed by atoms with Crippen molar-refractivity contribution in [2.45, 2.75) is 51.1 Å². The molecule has 0 saturated carbocycles. The number of rotatable bonds is 2. The van der Waals surface area contributed by atoms with E-state index in [4.69, 9.17) is 4.52 Å². The van der Waals surface area contributed by atoms with Gasteiger partial charge in [-0.15, -0.1) is 0 Å². The van der Waals surface area contributed by atoms with Crippen LogP contribution in [-0.4, -0.2) is 51.4 Å². The predicted molar refractivity (Wildman–Crippen MR) is 101 cm³/mol. The first-order valence-corrected chi connectivity index (χ1v) is 9.72. The van der Waals surface area contributed by atoms with Crippen LogP contribution in [0.25, 0.3) is 11.3 Å². The third-order valence-corrected chi connectivity index (χ3v) is 6.17. The molecule has 2 aromatic rings. The largest absolute Gasteiger partial charge is 0.350 e. The molecule has 0 spiro atoms. The molecule has 4 rings (SSSR count). The Kier molecular flexibility index (Phi) is 4.69. The Morgan fingerprint density at radius 3 is 2.79 bits per heavy atom. The number of nitrogens with zero attached hydrogens (tertiary/aromatic N) is 3. The predicted octanol–water partition coefficient (Wildman–Crippen LogP) is 3.49. The van der Waals surface area contributed by atoms with Gasteiger partial charge >= 0.3 is 0 Å². The zero-order chi connectivity index (χ0) is 19.9. The summed E-state index contributed by atoms with van der Waals surface area (Å²) in [6, 6.07) is 7.77. The quantitative estimate of drug-likeness (QED) is 0.794. The van der Waals surface area contributed by atoms with Gasteiger partial charge in [-0.3, -0.25) is 9.59 Å². The summed E-state index contributed by atoms with van der Waals surface area (Å²) in [5.41, 5.74) is 0.159. The van der Waals surface area contributed by atoms with Crippen LogP contribution in [0.15, 0.2) is 34.9 Å². The number of hydrogen-bond donors (Lipinski definition) is 0. The summed E-state index contributed by atoms with van der Waals surface area (Å²) in [6.45, 7) is 4.98. The summed E-state index contributed by atoms with van der Waals surface area (Å²) in [5, 5.41) is 3.91. The second kappa shape index (κ2) is 7.04. The van der Waals surface area contributed by atoms with Crippen LogP contribution < -0.4 is 0 Å². The molecule has 2 amide bonds. The van der Waals surface area contributed by atoms with E-state index in [1.54, 1.807) is 25.1 Å². The second-order valence-corrected chi connectivity index (χ2v) is 7.84. The van der Waals surface area contributed by atoms with Crippen LogP contribution in [0.3, 0.4) is 0 Å². The third kappa shape index (κ3) is 2.99. The maximum Gasteiger partial charge on any atom is 0.293 e. The van der Waals surface area contributed by atoms with E-state index in [-0.39, 0.29) is 23.6 Å². The van der Waals surface area contributed by atoms with Crippen molar-refractivity contribution < 1.29 is 18.5 Å². The van der Waals surface area contributed by atoms with Crippen LogP contribution in [0.4, 0.5) is 4.39 Å². The summed E-state index contributed by atoms with van der Waals surface area (Å²) in [5.74, 6) is -0.524. The number of hydrogen-bond acceptors (Lipinski definition) is 4. The van der Waals surface area contributed by atoms with Gasteiger partial charge in [0.25, 0.3) is 5.91 Å². The Bertz CT molecular complexity index is 912. The number of aromatic nitrogens is 1. The highest BCUT2D eigenvalue weighted by Crippen LogP contribution is 2.40. The summed E-state index contributed by atoms with van der Waals surface area (Å²) in [6.07, 6.45) is 3.40. The van der Waals surface area contributed by atoms with Crippen LogP contribution in [0.1, 0.15) is 50.1 Å². The van der Waals surface area contributed by atoms with Crippen molar-refractivity contribution in [1.82, 2.24) is 15.0 Å². The minimum Gasteiger partial charge on any atom is -0.350 e. The molecule has 3 heterocycles. The average Bonchev–Trinajstić information content (AvgIpc) is 3.16. The van der Waals surface area contributed by atoms with Crippen LogP contribution in [0, 0.1) is 5.82 Å². The van der Waals surface area contributed by atoms with Gasteiger partial charge in [0.15, 0.2) is 0 Å². The van der Waals surface area contributed by atoms with Crippen molar-refractivity contribution in [3.8, 4) is 11.3 Å². The Morgan fingerprint density at radius 1 is 1.25 bits per heavy atom. The number of halogens is 1. The molecular formula is C21H24FN3O3. The summed E-state index contributed by atoms with van der Waals surface area (Å²) < 4.78 is 19.3. The SMILES string of the molecule is CC(=O)N1CCC[C@@]2(C)[C@H]1CCCN2C(=O)c1cc(-c2ccccc2F)no1. The van der Waals surface area contributed by atoms with E-state index >= 15 is 0 Å². The molecule has 0 aliphatic carbocycles. The maximum atomic E-state index is 14.0. The van der Waals surface area contributed by atoms with Crippen molar-refractivity contribution in [2.24, 2.45) is 0 Å². The highest BCUT2D eigenvalue weighted by Gasteiger charge is 2.50. The third-order valence-electron chi connectivity index (χ3n) is 6.17. The standard InChI is InChI=1S/C21H24FN3O3/c1-14(26)24-11-6-10-21(2)19(24)9-5-12-25(21)20(27)18-13-17(23-28-18)15-7-3-4-8-16(15)22/h3-4,7-8,13,19H,5-6,9-12H2,1-2H3/t19-,21+/m1/s1. The molecule has 0 bridgehead atoms. The normalized spacial score (nSPS) is 24.8. The molecule has 1 aromatic heterocycles. The van der Waals surface area contributed by atoms with Gasteiger partial charge in [0.1, 0.15) is 11.5 Å². The van der Waals surface area contributed by atoms with E-state index in [1.165, 1.54) is 12.1 Å². The fourth-order valence-electron chi connectivity index (χ4n) is 4.76. The number of piperidine rings is 2. The zero-order valence-electron chi connectivity index (χ0n) is 16.2. The molecule has 0 N–H and O–H groups in total. The topological polar surface area (TPSA) is 66.7 Å². The Hall–Kier alpha value is -2.70. The van der Waals surface area contributed by atoms with E-state index in [0.29, 0.717) is 17.8 Å². The lowest BCUT2D eigenvalue weighted by atomic mass is 9.76. The average molecular weight is 385 g/mol. The Balaban J connectivity index is 1.63. The van der Waals surface area contributed by atoms with Crippen molar-refractivity contribution in [3.63, 3.8) is 0 Å². The molecule has 6 nitrogen and oxygen atoms in total. The van der Waals surface area contributed by atoms with E-state index in [0.717, 1.165) is 32.2 Å². The lowest BCUT2D eigenvalue weighted by molar-refractivity contribution is -0.140. The fourth-order valence-corrected chi connectivity index (χ4v) is 4.76. The lowest BCUT2D eigenvalue weighted by Crippen LogP contribution is -2.68. The van der Waals surface area contributed by atoms with Gasteiger partial charge in [-0.25, -0.2) is 4.39 Å². The van der Waals surface area contributed by atoms with Crippen LogP contribution in [0.2, 0.25) is 0 Å². The van der Waals surface area contributed by atoms with Crippen molar-refractivity contribution in [3.05, 3.63) is 41.9 Å². The number of amides is 2. The first-order chi connectivity index (χ1) is 13.4. The van der Waals surface area contributed by atoms with Crippen molar-refractivity contribution in [2.75, 3.05) is 13.1 Å². The van der Waals surface area contributed by atoms with Crippen LogP contribution in [-0.2, 0) is 4.79 Å². The smallest absolute Gasteiger partial charge is 0.293 e. The van der Waals surface area contributed by atoms with Gasteiger partial charge in [0.05, 0.1) is 11.6 Å². The van der Waals surface area contributed by atoms with Crippen molar-refractivity contribution >= 4 is 11.8 Å². The zero-order valence-corrected chi connectivity index (χ0v) is 16.2. The molecule has 1 aromatic carbocycles. The fraction of sp³-hybridized carbons (Fsp3) is 0.476. The molecule has 2 saturated heterocycles. The molecule has 2 atom stereocenters. The highest BCUT2D eigenvalue weighted by molar-refractivity contribution is 5.93. The minimum atomic E-state index is -0.440. The van der Waals surface area contributed by atoms with Gasteiger partial charge < -0.3 is 14.3 Å². The molecule has 2 aliphatic rings. The molecule has 0 unspecified atom stereocenters. The number of likely N-dealkylation sites (tertiary alicyclic amines) is 2. The number of carbonyl (C=O) groups is 2. The number of benzene rings is 1. The summed E-state index contributed by atoms with van der Waals surface area (Å²) in [7, 11) is 0. The van der Waals surface area contributed by atoms with Gasteiger partial charge in [0.2, 0.25) is 11.7 Å². The summed E-state index contributed by atoms with van der Waals surface area (Å²) in [4.78, 5) is 29.1. The van der Waals surface area contributed by atoms with Crippen molar-refractivity contribution in [1.29, 1.82) is 0 Å². The van der Waals surface area contributed by atoms with E-state index in [1.807, 2.05) is 9.80 Å². The minimum absolute atomic E-state index is 0.00501. The van der Waals surface area contributed by atoms with Gasteiger partial charge in [-0.2, -0.15) is 0 Å². The first-order valence-electron chi connectivity index (χ1n) is 9.72. The monoisotopic (exact) mass is 385 g/mol. The highest BCUT2D eigenvalue weighted by atomic mass is 19.1. The van der Waals surface area contributed by atoms with E-state index in [2.05, 4.69) is 12.1 Å². The Labute approximate surface area is 163 Å². The molecular weight excluding hydrogens is 361 g/mol. The lowest BCUT2D eigenvalue weighted by Gasteiger charge is -2.56. The van der Waals surface area contributed by atoms with Gasteiger partial charge in [-0.1, -0.05) is 17.3 Å². The molecule has 148 valence electrons. The van der Waals surface area contributed by atoms with Crippen LogP contribution >= 0.6 is 0 Å². The number of carbonyl (C=O) groups excluding carboxylic acids is 2. The molecule has 7 heteroatoms. The summed E-state index contributed by atoms with van der Waals surface area (Å²) >= 11 is 0. The van der Waals surface area contributed by atoms with Crippen LogP contribution in [0.5, 0.6) is 0 Å². The maximum absolute atomic E-state index is 14.0. The molecule has 2 aliphatic heterocycles. The van der Waals surface area contributed by atoms with Gasteiger partial charge in [-0.05, 0) is 44.7 Å². The van der Waals surface area contributed by atoms with E-state index in [9.17, 15) is 14.0 Å². The molecule has 0 radical (unpaired) electrons.